The molecule has 0 amide bonds. The Bertz CT molecular complexity index is 1070. The monoisotopic (exact) mass is 366 g/mol. The van der Waals surface area contributed by atoms with Crippen LogP contribution in [-0.4, -0.2) is 25.3 Å². The van der Waals surface area contributed by atoms with Crippen LogP contribution in [0, 0.1) is 0 Å². The van der Waals surface area contributed by atoms with E-state index in [0.29, 0.717) is 0 Å². The van der Waals surface area contributed by atoms with E-state index in [-0.39, 0.29) is 0 Å². The third-order valence-electron chi connectivity index (χ3n) is 4.65. The molecule has 0 bridgehead atoms. The zero-order valence-corrected chi connectivity index (χ0v) is 15.7. The first-order valence-electron chi connectivity index (χ1n) is 8.74. The van der Waals surface area contributed by atoms with E-state index < -0.39 is 0 Å². The Balaban J connectivity index is 1.85. The minimum Gasteiger partial charge on any atom is -0.253 e. The second kappa shape index (κ2) is 6.11. The number of hydrogen-bond acceptors (Lipinski definition) is 5. The molecule has 126 valence electrons. The third kappa shape index (κ3) is 2.39. The van der Waals surface area contributed by atoms with Crippen LogP contribution in [0.4, 0.5) is 0 Å². The van der Waals surface area contributed by atoms with Crippen LogP contribution >= 0.6 is 23.1 Å². The van der Waals surface area contributed by atoms with Crippen molar-refractivity contribution in [3.05, 3.63) is 40.8 Å². The standard InChI is InChI=1S/C19H18N4S2/c1-2-11-24-19-22-21-17-15-13-9-6-10-14(13)25-18(15)20-16(23(17)19)12-7-4-3-5-8-12/h3-5,7-8H,2,6,9-11H2,1H3. The van der Waals surface area contributed by atoms with Crippen LogP contribution in [0.3, 0.4) is 0 Å². The Morgan fingerprint density at radius 1 is 1.16 bits per heavy atom. The average molecular weight is 367 g/mol. The molecule has 4 nitrogen and oxygen atoms in total. The smallest absolute Gasteiger partial charge is 0.197 e. The number of fused-ring (bicyclic) bond motifs is 5. The Labute approximate surface area is 154 Å². The summed E-state index contributed by atoms with van der Waals surface area (Å²) >= 11 is 3.60. The molecule has 0 fully saturated rings. The van der Waals surface area contributed by atoms with Crippen molar-refractivity contribution in [2.45, 2.75) is 37.8 Å². The summed E-state index contributed by atoms with van der Waals surface area (Å²) in [5, 5.41) is 11.3. The quantitative estimate of drug-likeness (QED) is 0.477. The van der Waals surface area contributed by atoms with E-state index in [9.17, 15) is 0 Å². The molecule has 0 aliphatic heterocycles. The van der Waals surface area contributed by atoms with Gasteiger partial charge in [-0.25, -0.2) is 4.98 Å². The average Bonchev–Trinajstić information content (AvgIpc) is 3.33. The third-order valence-corrected chi connectivity index (χ3v) is 6.97. The van der Waals surface area contributed by atoms with Gasteiger partial charge in [0.15, 0.2) is 10.8 Å². The van der Waals surface area contributed by atoms with E-state index in [2.05, 4.69) is 45.8 Å². The van der Waals surface area contributed by atoms with E-state index in [0.717, 1.165) is 45.6 Å². The molecule has 4 aromatic rings. The van der Waals surface area contributed by atoms with Gasteiger partial charge in [0.05, 0.1) is 5.39 Å². The number of thioether (sulfide) groups is 1. The van der Waals surface area contributed by atoms with Gasteiger partial charge >= 0.3 is 0 Å². The zero-order chi connectivity index (χ0) is 16.8. The van der Waals surface area contributed by atoms with Crippen molar-refractivity contribution in [1.82, 2.24) is 19.6 Å². The van der Waals surface area contributed by atoms with Gasteiger partial charge in [-0.05, 0) is 31.2 Å². The van der Waals surface area contributed by atoms with Crippen molar-refractivity contribution in [1.29, 1.82) is 0 Å². The number of aromatic nitrogens is 4. The fourth-order valence-corrected chi connectivity index (χ4v) is 5.58. The number of rotatable bonds is 4. The maximum atomic E-state index is 5.07. The number of hydrogen-bond donors (Lipinski definition) is 0. The van der Waals surface area contributed by atoms with Crippen molar-refractivity contribution in [2.75, 3.05) is 5.75 Å². The Hall–Kier alpha value is -1.92. The molecule has 0 atom stereocenters. The van der Waals surface area contributed by atoms with Gasteiger partial charge in [0.2, 0.25) is 0 Å². The molecule has 3 aromatic heterocycles. The molecule has 0 saturated heterocycles. The van der Waals surface area contributed by atoms with Crippen molar-refractivity contribution >= 4 is 39.0 Å². The van der Waals surface area contributed by atoms with Gasteiger partial charge in [0, 0.05) is 16.2 Å². The number of benzene rings is 1. The largest absolute Gasteiger partial charge is 0.253 e. The predicted octanol–water partition coefficient (Wildman–Crippen LogP) is 5.00. The van der Waals surface area contributed by atoms with Gasteiger partial charge < -0.3 is 0 Å². The highest BCUT2D eigenvalue weighted by molar-refractivity contribution is 7.99. The van der Waals surface area contributed by atoms with Crippen molar-refractivity contribution < 1.29 is 0 Å². The fourth-order valence-electron chi connectivity index (χ4n) is 3.54. The van der Waals surface area contributed by atoms with E-state index in [1.165, 1.54) is 28.7 Å². The van der Waals surface area contributed by atoms with Gasteiger partial charge in [0.25, 0.3) is 0 Å². The van der Waals surface area contributed by atoms with Gasteiger partial charge in [-0.15, -0.1) is 21.5 Å². The maximum absolute atomic E-state index is 5.07. The Morgan fingerprint density at radius 2 is 2.04 bits per heavy atom. The molecule has 1 aliphatic carbocycles. The molecule has 1 aromatic carbocycles. The van der Waals surface area contributed by atoms with E-state index in [4.69, 9.17) is 4.98 Å². The van der Waals surface area contributed by atoms with Crippen LogP contribution in [0.1, 0.15) is 30.2 Å². The van der Waals surface area contributed by atoms with Gasteiger partial charge in [-0.1, -0.05) is 49.0 Å². The van der Waals surface area contributed by atoms with Crippen LogP contribution in [0.25, 0.3) is 27.3 Å². The summed E-state index contributed by atoms with van der Waals surface area (Å²) in [6, 6.07) is 10.4. The molecular weight excluding hydrogens is 348 g/mol. The van der Waals surface area contributed by atoms with Gasteiger partial charge in [-0.3, -0.25) is 4.40 Å². The Kier molecular flexibility index (Phi) is 3.75. The van der Waals surface area contributed by atoms with Crippen LogP contribution in [-0.2, 0) is 12.8 Å². The Morgan fingerprint density at radius 3 is 2.88 bits per heavy atom. The molecular formula is C19H18N4S2. The summed E-state index contributed by atoms with van der Waals surface area (Å²) < 4.78 is 2.17. The lowest BCUT2D eigenvalue weighted by molar-refractivity contribution is 0.909. The molecule has 5 rings (SSSR count). The van der Waals surface area contributed by atoms with Crippen LogP contribution < -0.4 is 0 Å². The summed E-state index contributed by atoms with van der Waals surface area (Å²) in [7, 11) is 0. The maximum Gasteiger partial charge on any atom is 0.197 e. The molecule has 0 saturated carbocycles. The van der Waals surface area contributed by atoms with Gasteiger partial charge in [0.1, 0.15) is 10.7 Å². The second-order valence-electron chi connectivity index (χ2n) is 6.33. The highest BCUT2D eigenvalue weighted by Crippen LogP contribution is 2.40. The highest BCUT2D eigenvalue weighted by atomic mass is 32.2. The van der Waals surface area contributed by atoms with Crippen LogP contribution in [0.2, 0.25) is 0 Å². The normalized spacial score (nSPS) is 13.8. The van der Waals surface area contributed by atoms with E-state index in [1.54, 1.807) is 11.8 Å². The topological polar surface area (TPSA) is 43.1 Å². The van der Waals surface area contributed by atoms with Crippen LogP contribution in [0.5, 0.6) is 0 Å². The molecule has 1 aliphatic rings. The molecule has 25 heavy (non-hydrogen) atoms. The summed E-state index contributed by atoms with van der Waals surface area (Å²) in [5.41, 5.74) is 3.54. The lowest BCUT2D eigenvalue weighted by atomic mass is 10.1. The number of thiophene rings is 1. The lowest BCUT2D eigenvalue weighted by Crippen LogP contribution is -1.99. The number of nitrogens with zero attached hydrogens (tertiary/aromatic N) is 4. The first kappa shape index (κ1) is 15.3. The van der Waals surface area contributed by atoms with Gasteiger partial charge in [-0.2, -0.15) is 0 Å². The predicted molar refractivity (Wildman–Crippen MR) is 105 cm³/mol. The van der Waals surface area contributed by atoms with Crippen molar-refractivity contribution in [3.63, 3.8) is 0 Å². The highest BCUT2D eigenvalue weighted by Gasteiger charge is 2.24. The molecule has 6 heteroatoms. The SMILES string of the molecule is CCCSc1nnc2c3c4c(sc3nc(-c3ccccc3)n12)CCC4. The first-order valence-corrected chi connectivity index (χ1v) is 10.5. The summed E-state index contributed by atoms with van der Waals surface area (Å²) in [4.78, 5) is 7.66. The summed E-state index contributed by atoms with van der Waals surface area (Å²) in [5.74, 6) is 1.99. The summed E-state index contributed by atoms with van der Waals surface area (Å²) in [6.07, 6.45) is 4.68. The van der Waals surface area contributed by atoms with E-state index >= 15 is 0 Å². The second-order valence-corrected chi connectivity index (χ2v) is 8.47. The molecule has 0 N–H and O–H groups in total. The fraction of sp³-hybridized carbons (Fsp3) is 0.316. The lowest BCUT2D eigenvalue weighted by Gasteiger charge is -2.08. The van der Waals surface area contributed by atoms with E-state index in [1.807, 2.05) is 17.4 Å². The minimum absolute atomic E-state index is 0.947. The van der Waals surface area contributed by atoms with Crippen LogP contribution in [0.15, 0.2) is 35.5 Å². The molecule has 0 unspecified atom stereocenters. The van der Waals surface area contributed by atoms with Crippen molar-refractivity contribution in [3.8, 4) is 11.4 Å². The summed E-state index contributed by atoms with van der Waals surface area (Å²) in [6.45, 7) is 2.19. The molecule has 0 radical (unpaired) electrons. The number of aryl methyl sites for hydroxylation is 2. The zero-order valence-electron chi connectivity index (χ0n) is 14.0. The minimum atomic E-state index is 0.947. The molecule has 3 heterocycles. The first-order chi connectivity index (χ1) is 12.4. The van der Waals surface area contributed by atoms with Crippen molar-refractivity contribution in [2.24, 2.45) is 0 Å². The molecule has 0 spiro atoms.